The number of carbonyl (C=O) groups excluding carboxylic acids is 3. The molecule has 2 aromatic carbocycles. The summed E-state index contributed by atoms with van der Waals surface area (Å²) in [6, 6.07) is 10.3. The summed E-state index contributed by atoms with van der Waals surface area (Å²) < 4.78 is 6.87. The van der Waals surface area contributed by atoms with Gasteiger partial charge < -0.3 is 15.8 Å². The Kier molecular flexibility index (Phi) is 3.71. The number of anilines is 2. The van der Waals surface area contributed by atoms with E-state index in [9.17, 15) is 19.2 Å². The topological polar surface area (TPSA) is 133 Å². The van der Waals surface area contributed by atoms with Crippen LogP contribution in [0.15, 0.2) is 47.3 Å². The van der Waals surface area contributed by atoms with Gasteiger partial charge in [0.1, 0.15) is 11.6 Å². The Morgan fingerprint density at radius 3 is 2.37 bits per heavy atom. The summed E-state index contributed by atoms with van der Waals surface area (Å²) in [7, 11) is 0. The first kappa shape index (κ1) is 18.0. The Balaban J connectivity index is 1.66. The zero-order valence-corrected chi connectivity index (χ0v) is 15.7. The smallest absolute Gasteiger partial charge is 0.262 e. The van der Waals surface area contributed by atoms with E-state index in [0.29, 0.717) is 16.5 Å². The maximum absolute atomic E-state index is 12.8. The normalized spacial score (nSPS) is 14.1. The molecule has 3 aromatic rings. The molecule has 9 nitrogen and oxygen atoms in total. The third-order valence-corrected chi connectivity index (χ3v) is 5.06. The van der Waals surface area contributed by atoms with E-state index in [1.165, 1.54) is 18.2 Å². The average Bonchev–Trinajstić information content (AvgIpc) is 2.89. The van der Waals surface area contributed by atoms with Gasteiger partial charge in [-0.1, -0.05) is 11.6 Å². The number of carbonyl (C=O) groups is 3. The molecule has 2 aliphatic rings. The molecular weight excluding hydrogens is 412 g/mol. The number of benzene rings is 2. The van der Waals surface area contributed by atoms with Crippen LogP contribution in [-0.2, 0) is 0 Å². The van der Waals surface area contributed by atoms with Crippen LogP contribution >= 0.6 is 11.6 Å². The van der Waals surface area contributed by atoms with Crippen LogP contribution in [0.2, 0.25) is 5.02 Å². The van der Waals surface area contributed by atoms with Gasteiger partial charge in [-0.05, 0) is 36.4 Å². The van der Waals surface area contributed by atoms with Gasteiger partial charge in [-0.25, -0.2) is 0 Å². The molecule has 2 aliphatic heterocycles. The number of nitrogen functional groups attached to an aromatic ring is 1. The zero-order valence-electron chi connectivity index (χ0n) is 15.0. The molecule has 30 heavy (non-hydrogen) atoms. The van der Waals surface area contributed by atoms with E-state index >= 15 is 0 Å². The largest absolute Gasteiger partial charge is 0.454 e. The van der Waals surface area contributed by atoms with Crippen LogP contribution in [-0.4, -0.2) is 22.3 Å². The van der Waals surface area contributed by atoms with Crippen molar-refractivity contribution in [1.82, 2.24) is 9.88 Å². The van der Waals surface area contributed by atoms with Gasteiger partial charge in [-0.15, -0.1) is 0 Å². The summed E-state index contributed by atoms with van der Waals surface area (Å²) in [6.07, 6.45) is 0. The lowest BCUT2D eigenvalue weighted by molar-refractivity contribution is 0.0879. The van der Waals surface area contributed by atoms with Crippen molar-refractivity contribution in [2.45, 2.75) is 0 Å². The minimum absolute atomic E-state index is 0.0816. The average molecular weight is 423 g/mol. The lowest BCUT2D eigenvalue weighted by atomic mass is 10.1. The second-order valence-electron chi connectivity index (χ2n) is 6.65. The predicted molar refractivity (Wildman–Crippen MR) is 108 cm³/mol. The number of halogens is 1. The fourth-order valence-electron chi connectivity index (χ4n) is 3.47. The molecule has 0 bridgehead atoms. The van der Waals surface area contributed by atoms with Gasteiger partial charge in [0.25, 0.3) is 23.3 Å². The molecular formula is C20H11ClN4O5. The van der Waals surface area contributed by atoms with Crippen molar-refractivity contribution >= 4 is 40.8 Å². The molecule has 148 valence electrons. The maximum Gasteiger partial charge on any atom is 0.262 e. The third kappa shape index (κ3) is 2.56. The number of nitrogens with one attached hydrogen (secondary N) is 2. The molecule has 3 amide bonds. The number of nitrogens with zero attached hydrogens (tertiary/aromatic N) is 1. The highest BCUT2D eigenvalue weighted by Gasteiger charge is 2.32. The number of imide groups is 1. The first-order chi connectivity index (χ1) is 14.3. The molecule has 3 heterocycles. The Hall–Kier alpha value is -4.11. The lowest BCUT2D eigenvalue weighted by Gasteiger charge is -2.14. The lowest BCUT2D eigenvalue weighted by Crippen LogP contribution is -2.24. The van der Waals surface area contributed by atoms with Gasteiger partial charge in [0, 0.05) is 11.1 Å². The molecule has 5 rings (SSSR count). The summed E-state index contributed by atoms with van der Waals surface area (Å²) in [4.78, 5) is 49.3. The quantitative estimate of drug-likeness (QED) is 0.515. The third-order valence-electron chi connectivity index (χ3n) is 4.83. The molecule has 0 unspecified atom stereocenters. The van der Waals surface area contributed by atoms with E-state index in [1.54, 1.807) is 18.2 Å². The second kappa shape index (κ2) is 6.19. The van der Waals surface area contributed by atoms with Crippen LogP contribution in [0.5, 0.6) is 11.5 Å². The summed E-state index contributed by atoms with van der Waals surface area (Å²) >= 11 is 5.98. The van der Waals surface area contributed by atoms with Gasteiger partial charge >= 0.3 is 0 Å². The van der Waals surface area contributed by atoms with Crippen LogP contribution in [0, 0.1) is 0 Å². The van der Waals surface area contributed by atoms with Gasteiger partial charge in [0.2, 0.25) is 0 Å². The fraction of sp³-hybridized carbons (Fsp3) is 0. The predicted octanol–water partition coefficient (Wildman–Crippen LogP) is 2.31. The molecule has 0 radical (unpaired) electrons. The number of aromatic nitrogens is 1. The summed E-state index contributed by atoms with van der Waals surface area (Å²) in [6.45, 7) is 0. The van der Waals surface area contributed by atoms with Crippen molar-refractivity contribution in [3.8, 4) is 17.2 Å². The summed E-state index contributed by atoms with van der Waals surface area (Å²) in [5.74, 6) is -1.39. The van der Waals surface area contributed by atoms with Gasteiger partial charge in [-0.2, -0.15) is 0 Å². The van der Waals surface area contributed by atoms with Crippen LogP contribution in [0.4, 0.5) is 11.5 Å². The standard InChI is InChI=1S/C20H11ClN4O5/c21-8-1-3-14-12(5-8)23-18(27)10-6-9(2-4-13(10)30-14)25-15(26)7-11-16(17(25)22)20(29)24-19(11)28/h1-7H,22H2,(H,23,27)(H,24,28,29). The van der Waals surface area contributed by atoms with Crippen LogP contribution in [0.1, 0.15) is 31.1 Å². The maximum atomic E-state index is 12.8. The van der Waals surface area contributed by atoms with Crippen molar-refractivity contribution in [2.24, 2.45) is 0 Å². The number of hydrogen-bond acceptors (Lipinski definition) is 6. The van der Waals surface area contributed by atoms with Crippen LogP contribution in [0.3, 0.4) is 0 Å². The number of fused-ring (bicyclic) bond motifs is 3. The molecule has 0 saturated heterocycles. The first-order valence-corrected chi connectivity index (χ1v) is 9.05. The highest BCUT2D eigenvalue weighted by molar-refractivity contribution is 6.31. The molecule has 0 aliphatic carbocycles. The summed E-state index contributed by atoms with van der Waals surface area (Å²) in [5, 5.41) is 5.24. The second-order valence-corrected chi connectivity index (χ2v) is 7.09. The van der Waals surface area contributed by atoms with Crippen LogP contribution < -0.4 is 26.7 Å². The van der Waals surface area contributed by atoms with Gasteiger partial charge in [-0.3, -0.25) is 29.1 Å². The fourth-order valence-corrected chi connectivity index (χ4v) is 3.64. The highest BCUT2D eigenvalue weighted by Crippen LogP contribution is 2.38. The number of pyridine rings is 1. The van der Waals surface area contributed by atoms with E-state index in [-0.39, 0.29) is 33.9 Å². The van der Waals surface area contributed by atoms with E-state index in [1.807, 2.05) is 0 Å². The number of amides is 3. The van der Waals surface area contributed by atoms with Gasteiger partial charge in [0.05, 0.1) is 28.1 Å². The molecule has 4 N–H and O–H groups in total. The molecule has 0 atom stereocenters. The number of rotatable bonds is 1. The Labute approximate surface area is 173 Å². The van der Waals surface area contributed by atoms with E-state index in [2.05, 4.69) is 10.6 Å². The van der Waals surface area contributed by atoms with E-state index in [4.69, 9.17) is 22.1 Å². The van der Waals surface area contributed by atoms with Crippen molar-refractivity contribution in [1.29, 1.82) is 0 Å². The van der Waals surface area contributed by atoms with Crippen molar-refractivity contribution in [3.05, 3.63) is 74.5 Å². The van der Waals surface area contributed by atoms with E-state index < -0.39 is 23.3 Å². The van der Waals surface area contributed by atoms with Crippen molar-refractivity contribution < 1.29 is 19.1 Å². The molecule has 1 aromatic heterocycles. The Bertz CT molecular complexity index is 1380. The van der Waals surface area contributed by atoms with Crippen molar-refractivity contribution in [3.63, 3.8) is 0 Å². The zero-order chi connectivity index (χ0) is 21.2. The summed E-state index contributed by atoms with van der Waals surface area (Å²) in [5.41, 5.74) is 6.03. The molecule has 0 fully saturated rings. The van der Waals surface area contributed by atoms with Gasteiger partial charge in [0.15, 0.2) is 5.75 Å². The number of ether oxygens (including phenoxy) is 1. The minimum atomic E-state index is -0.690. The SMILES string of the molecule is Nc1c2c(cc(=O)n1-c1ccc3c(c1)C(=O)Nc1cc(Cl)ccc1O3)C(=O)NC2=O. The molecule has 0 saturated carbocycles. The molecule has 10 heteroatoms. The first-order valence-electron chi connectivity index (χ1n) is 8.68. The van der Waals surface area contributed by atoms with E-state index in [0.717, 1.165) is 10.6 Å². The molecule has 0 spiro atoms. The van der Waals surface area contributed by atoms with Crippen LogP contribution in [0.25, 0.3) is 5.69 Å². The Morgan fingerprint density at radius 1 is 0.833 bits per heavy atom. The Morgan fingerprint density at radius 2 is 1.57 bits per heavy atom. The monoisotopic (exact) mass is 422 g/mol. The number of nitrogens with two attached hydrogens (primary N) is 1. The van der Waals surface area contributed by atoms with Crippen molar-refractivity contribution in [2.75, 3.05) is 11.1 Å². The highest BCUT2D eigenvalue weighted by atomic mass is 35.5. The number of hydrogen-bond donors (Lipinski definition) is 3. The minimum Gasteiger partial charge on any atom is -0.454 e.